The fourth-order valence-corrected chi connectivity index (χ4v) is 2.10. The molecule has 1 aromatic carbocycles. The minimum atomic E-state index is -0.372. The van der Waals surface area contributed by atoms with Crippen molar-refractivity contribution in [3.8, 4) is 11.8 Å². The Bertz CT molecular complexity index is 967. The van der Waals surface area contributed by atoms with Crippen molar-refractivity contribution in [3.05, 3.63) is 60.0 Å². The Morgan fingerprint density at radius 1 is 1.15 bits per heavy atom. The van der Waals surface area contributed by atoms with Crippen molar-refractivity contribution in [3.63, 3.8) is 0 Å². The minimum Gasteiger partial charge on any atom is -0.368 e. The van der Waals surface area contributed by atoms with Gasteiger partial charge in [-0.2, -0.15) is 5.10 Å². The van der Waals surface area contributed by atoms with Crippen molar-refractivity contribution in [2.24, 2.45) is 0 Å². The maximum absolute atomic E-state index is 12.1. The van der Waals surface area contributed by atoms with Crippen LogP contribution < -0.4 is 16.4 Å². The highest BCUT2D eigenvalue weighted by atomic mass is 16.2. The molecule has 0 bridgehead atoms. The van der Waals surface area contributed by atoms with Crippen molar-refractivity contribution in [2.75, 3.05) is 16.4 Å². The first-order chi connectivity index (χ1) is 12.6. The summed E-state index contributed by atoms with van der Waals surface area (Å²) in [5.74, 6) is 6.64. The molecular formula is C18H17N7O. The molecule has 3 aromatic rings. The minimum absolute atomic E-state index is 0.205. The first-order valence-electron chi connectivity index (χ1n) is 7.93. The lowest BCUT2D eigenvalue weighted by molar-refractivity contribution is 0.262. The summed E-state index contributed by atoms with van der Waals surface area (Å²) in [6.45, 7) is 2.71. The highest BCUT2D eigenvalue weighted by Gasteiger charge is 2.05. The zero-order valence-electron chi connectivity index (χ0n) is 14.1. The number of nitrogens with zero attached hydrogens (tertiary/aromatic N) is 4. The summed E-state index contributed by atoms with van der Waals surface area (Å²) < 4.78 is 1.73. The fraction of sp³-hybridized carbons (Fsp3) is 0.111. The van der Waals surface area contributed by atoms with E-state index in [1.54, 1.807) is 41.5 Å². The van der Waals surface area contributed by atoms with Crippen LogP contribution in [-0.4, -0.2) is 25.8 Å². The third-order valence-electron chi connectivity index (χ3n) is 3.35. The van der Waals surface area contributed by atoms with Gasteiger partial charge in [0.15, 0.2) is 5.82 Å². The van der Waals surface area contributed by atoms with Crippen molar-refractivity contribution >= 4 is 23.5 Å². The van der Waals surface area contributed by atoms with Crippen LogP contribution in [0.1, 0.15) is 18.1 Å². The van der Waals surface area contributed by atoms with Crippen LogP contribution in [0.15, 0.2) is 48.9 Å². The van der Waals surface area contributed by atoms with Crippen LogP contribution in [-0.2, 0) is 6.54 Å². The maximum Gasteiger partial charge on any atom is 0.324 e. The number of hydrogen-bond donors (Lipinski definition) is 3. The number of rotatable bonds is 3. The number of carbonyl (C=O) groups excluding carboxylic acids is 1. The van der Waals surface area contributed by atoms with Crippen LogP contribution in [0.3, 0.4) is 0 Å². The lowest BCUT2D eigenvalue weighted by Crippen LogP contribution is -2.19. The third kappa shape index (κ3) is 4.58. The molecule has 0 unspecified atom stereocenters. The number of nitrogens with two attached hydrogens (primary N) is 1. The van der Waals surface area contributed by atoms with E-state index in [0.717, 1.165) is 12.1 Å². The monoisotopic (exact) mass is 347 g/mol. The molecule has 0 saturated heterocycles. The number of nitrogen functional groups attached to an aromatic ring is 1. The third-order valence-corrected chi connectivity index (χ3v) is 3.35. The molecule has 8 nitrogen and oxygen atoms in total. The highest BCUT2D eigenvalue weighted by Crippen LogP contribution is 2.11. The van der Waals surface area contributed by atoms with Gasteiger partial charge in [-0.1, -0.05) is 17.9 Å². The molecule has 0 aliphatic heterocycles. The molecule has 0 radical (unpaired) electrons. The number of aromatic nitrogens is 4. The molecule has 3 rings (SSSR count). The topological polar surface area (TPSA) is 111 Å². The van der Waals surface area contributed by atoms with Gasteiger partial charge in [0.2, 0.25) is 5.95 Å². The predicted octanol–water partition coefficient (Wildman–Crippen LogP) is 2.32. The Kier molecular flexibility index (Phi) is 5.10. The van der Waals surface area contributed by atoms with Crippen LogP contribution in [0, 0.1) is 11.8 Å². The Morgan fingerprint density at radius 3 is 2.65 bits per heavy atom. The summed E-state index contributed by atoms with van der Waals surface area (Å²) in [7, 11) is 0. The van der Waals surface area contributed by atoms with Gasteiger partial charge in [-0.25, -0.2) is 14.8 Å². The van der Waals surface area contributed by atoms with E-state index in [9.17, 15) is 4.79 Å². The molecule has 4 N–H and O–H groups in total. The zero-order valence-corrected chi connectivity index (χ0v) is 14.1. The van der Waals surface area contributed by atoms with Crippen molar-refractivity contribution < 1.29 is 4.79 Å². The van der Waals surface area contributed by atoms with Gasteiger partial charge in [0.1, 0.15) is 0 Å². The standard InChI is InChI=1S/C18H17N7O/c1-2-25-9-8-16(24-25)23-18(26)22-15-5-3-4-13(10-15)6-7-14-11-20-17(19)21-12-14/h3-5,8-12H,2H2,1H3,(H2,19,20,21)(H2,22,23,24,26). The molecule has 0 aliphatic rings. The lowest BCUT2D eigenvalue weighted by Gasteiger charge is -2.06. The number of urea groups is 1. The number of hydrogen-bond acceptors (Lipinski definition) is 5. The molecule has 26 heavy (non-hydrogen) atoms. The molecule has 0 saturated carbocycles. The van der Waals surface area contributed by atoms with E-state index in [2.05, 4.69) is 37.5 Å². The van der Waals surface area contributed by atoms with E-state index in [1.807, 2.05) is 19.1 Å². The average molecular weight is 347 g/mol. The Balaban J connectivity index is 1.65. The van der Waals surface area contributed by atoms with Crippen molar-refractivity contribution in [1.29, 1.82) is 0 Å². The second kappa shape index (κ2) is 7.81. The fourth-order valence-electron chi connectivity index (χ4n) is 2.10. The molecule has 0 spiro atoms. The molecule has 2 heterocycles. The zero-order chi connectivity index (χ0) is 18.4. The van der Waals surface area contributed by atoms with Crippen LogP contribution in [0.2, 0.25) is 0 Å². The Morgan fingerprint density at radius 2 is 1.92 bits per heavy atom. The van der Waals surface area contributed by atoms with Crippen LogP contribution in [0.25, 0.3) is 0 Å². The van der Waals surface area contributed by atoms with Crippen LogP contribution in [0.5, 0.6) is 0 Å². The summed E-state index contributed by atoms with van der Waals surface area (Å²) in [6, 6.07) is 8.57. The van der Waals surface area contributed by atoms with E-state index in [-0.39, 0.29) is 12.0 Å². The van der Waals surface area contributed by atoms with Gasteiger partial charge in [-0.15, -0.1) is 0 Å². The van der Waals surface area contributed by atoms with Gasteiger partial charge in [-0.3, -0.25) is 10.00 Å². The number of anilines is 3. The van der Waals surface area contributed by atoms with Crippen molar-refractivity contribution in [1.82, 2.24) is 19.7 Å². The van der Waals surface area contributed by atoms with Crippen molar-refractivity contribution in [2.45, 2.75) is 13.5 Å². The molecule has 0 aliphatic carbocycles. The summed E-state index contributed by atoms with van der Waals surface area (Å²) >= 11 is 0. The SMILES string of the molecule is CCn1ccc(NC(=O)Nc2cccc(C#Cc3cnc(N)nc3)c2)n1. The van der Waals surface area contributed by atoms with E-state index in [4.69, 9.17) is 5.73 Å². The van der Waals surface area contributed by atoms with E-state index < -0.39 is 0 Å². The molecule has 8 heteroatoms. The number of benzene rings is 1. The van der Waals surface area contributed by atoms with Gasteiger partial charge >= 0.3 is 6.03 Å². The smallest absolute Gasteiger partial charge is 0.324 e. The Hall–Kier alpha value is -3.86. The molecule has 0 fully saturated rings. The van der Waals surface area contributed by atoms with E-state index >= 15 is 0 Å². The van der Waals surface area contributed by atoms with E-state index in [1.165, 1.54) is 0 Å². The molecular weight excluding hydrogens is 330 g/mol. The molecule has 2 aromatic heterocycles. The van der Waals surface area contributed by atoms with Gasteiger partial charge < -0.3 is 11.1 Å². The Labute approximate surface area is 150 Å². The second-order valence-electron chi connectivity index (χ2n) is 5.30. The second-order valence-corrected chi connectivity index (χ2v) is 5.30. The lowest BCUT2D eigenvalue weighted by atomic mass is 10.2. The quantitative estimate of drug-likeness (QED) is 0.630. The number of nitrogens with one attached hydrogen (secondary N) is 2. The summed E-state index contributed by atoms with van der Waals surface area (Å²) in [5.41, 5.74) is 7.46. The first-order valence-corrected chi connectivity index (χ1v) is 7.93. The van der Waals surface area contributed by atoms with Crippen LogP contribution in [0.4, 0.5) is 22.2 Å². The van der Waals surface area contributed by atoms with Gasteiger partial charge in [-0.05, 0) is 25.1 Å². The maximum atomic E-state index is 12.1. The average Bonchev–Trinajstić information content (AvgIpc) is 3.09. The molecule has 0 atom stereocenters. The number of carbonyl (C=O) groups is 1. The summed E-state index contributed by atoms with van der Waals surface area (Å²) in [4.78, 5) is 19.8. The number of aryl methyl sites for hydroxylation is 1. The largest absolute Gasteiger partial charge is 0.368 e. The normalized spacial score (nSPS) is 9.88. The van der Waals surface area contributed by atoms with Gasteiger partial charge in [0.25, 0.3) is 0 Å². The summed E-state index contributed by atoms with van der Waals surface area (Å²) in [5, 5.41) is 9.64. The van der Waals surface area contributed by atoms with Gasteiger partial charge in [0, 0.05) is 42.5 Å². The van der Waals surface area contributed by atoms with Gasteiger partial charge in [0.05, 0.1) is 5.56 Å². The first kappa shape index (κ1) is 17.0. The summed E-state index contributed by atoms with van der Waals surface area (Å²) in [6.07, 6.45) is 4.91. The van der Waals surface area contributed by atoms with Crippen LogP contribution >= 0.6 is 0 Å². The number of amides is 2. The predicted molar refractivity (Wildman–Crippen MR) is 99.4 cm³/mol. The molecule has 130 valence electrons. The highest BCUT2D eigenvalue weighted by molar-refractivity contribution is 5.99. The van der Waals surface area contributed by atoms with E-state index in [0.29, 0.717) is 17.1 Å². The molecule has 2 amide bonds.